The molecule has 7 heteroatoms. The van der Waals surface area contributed by atoms with E-state index in [-0.39, 0.29) is 32.4 Å². The van der Waals surface area contributed by atoms with Crippen LogP contribution in [0.1, 0.15) is 21.9 Å². The SMILES string of the molecule is [Be+2].[O-]c1cc2ccccc2cc1C1[N-]c2ccccc2S1.[O-]c1cc2ccccc2cc1C1[N-]c2ccccc2S1. The monoisotopic (exact) mass is 563 g/mol. The molecule has 0 fully saturated rings. The molecule has 2 aliphatic rings. The Kier molecular flexibility index (Phi) is 7.55. The van der Waals surface area contributed by atoms with Gasteiger partial charge in [0.1, 0.15) is 0 Å². The van der Waals surface area contributed by atoms with Crippen molar-refractivity contribution in [1.29, 1.82) is 0 Å². The van der Waals surface area contributed by atoms with Gasteiger partial charge in [-0.3, -0.25) is 0 Å². The maximum Gasteiger partial charge on any atom is 2.00 e. The summed E-state index contributed by atoms with van der Waals surface area (Å²) in [6.45, 7) is 0. The fraction of sp³-hybridized carbons (Fsp3) is 0.0588. The van der Waals surface area contributed by atoms with Crippen LogP contribution in [0.15, 0.2) is 131 Å². The molecule has 41 heavy (non-hydrogen) atoms. The molecule has 0 aromatic heterocycles. The van der Waals surface area contributed by atoms with Crippen LogP contribution in [0.25, 0.3) is 32.2 Å². The summed E-state index contributed by atoms with van der Waals surface area (Å²) in [4.78, 5) is 2.29. The second kappa shape index (κ2) is 11.4. The molecule has 4 nitrogen and oxygen atoms in total. The minimum Gasteiger partial charge on any atom is -0.872 e. The Hall–Kier alpha value is -4.09. The van der Waals surface area contributed by atoms with E-state index in [9.17, 15) is 10.2 Å². The first kappa shape index (κ1) is 27.1. The molecule has 2 heterocycles. The van der Waals surface area contributed by atoms with Gasteiger partial charge >= 0.3 is 10.1 Å². The van der Waals surface area contributed by atoms with Crippen LogP contribution >= 0.6 is 23.5 Å². The predicted molar refractivity (Wildman–Crippen MR) is 169 cm³/mol. The summed E-state index contributed by atoms with van der Waals surface area (Å²) >= 11 is 3.29. The van der Waals surface area contributed by atoms with Gasteiger partial charge in [-0.25, -0.2) is 0 Å². The van der Waals surface area contributed by atoms with Crippen molar-refractivity contribution in [2.75, 3.05) is 0 Å². The molecule has 0 saturated heterocycles. The van der Waals surface area contributed by atoms with Crippen molar-refractivity contribution in [2.45, 2.75) is 20.5 Å². The van der Waals surface area contributed by atoms with Crippen LogP contribution in [-0.4, -0.2) is 10.1 Å². The van der Waals surface area contributed by atoms with Crippen molar-refractivity contribution in [3.05, 3.63) is 143 Å². The van der Waals surface area contributed by atoms with Crippen LogP contribution in [0.2, 0.25) is 0 Å². The summed E-state index contributed by atoms with van der Waals surface area (Å²) < 4.78 is 0. The number of hydrogen-bond donors (Lipinski definition) is 0. The van der Waals surface area contributed by atoms with Gasteiger partial charge in [0.05, 0.1) is 0 Å². The number of benzene rings is 6. The Morgan fingerprint density at radius 2 is 0.805 bits per heavy atom. The van der Waals surface area contributed by atoms with E-state index in [0.717, 1.165) is 53.8 Å². The third-order valence-corrected chi connectivity index (χ3v) is 9.37. The average Bonchev–Trinajstić information content (AvgIpc) is 3.61. The van der Waals surface area contributed by atoms with Crippen molar-refractivity contribution < 1.29 is 10.2 Å². The zero-order chi connectivity index (χ0) is 27.1. The topological polar surface area (TPSA) is 74.3 Å². The van der Waals surface area contributed by atoms with Gasteiger partial charge in [0.15, 0.2) is 0 Å². The first-order valence-corrected chi connectivity index (χ1v) is 14.7. The molecule has 2 atom stereocenters. The number of nitrogens with zero attached hydrogens (tertiary/aromatic N) is 2. The normalized spacial score (nSPS) is 16.5. The van der Waals surface area contributed by atoms with Crippen molar-refractivity contribution in [1.82, 2.24) is 0 Å². The summed E-state index contributed by atoms with van der Waals surface area (Å²) in [7, 11) is 0. The second-order valence-electron chi connectivity index (χ2n) is 9.61. The summed E-state index contributed by atoms with van der Waals surface area (Å²) in [5.74, 6) is 0.135. The first-order valence-electron chi connectivity index (χ1n) is 12.9. The zero-order valence-corrected chi connectivity index (χ0v) is 23.6. The zero-order valence-electron chi connectivity index (χ0n) is 21.9. The number of rotatable bonds is 2. The van der Waals surface area contributed by atoms with Gasteiger partial charge in [-0.05, 0) is 54.2 Å². The van der Waals surface area contributed by atoms with Gasteiger partial charge in [-0.1, -0.05) is 120 Å². The van der Waals surface area contributed by atoms with E-state index in [1.54, 1.807) is 35.7 Å². The average molecular weight is 564 g/mol. The molecule has 2 aliphatic heterocycles. The van der Waals surface area contributed by atoms with E-state index in [1.165, 1.54) is 0 Å². The van der Waals surface area contributed by atoms with Gasteiger partial charge in [0.2, 0.25) is 0 Å². The van der Waals surface area contributed by atoms with Gasteiger partial charge in [-0.15, -0.1) is 46.4 Å². The molecule has 6 aromatic rings. The number of fused-ring (bicyclic) bond motifs is 4. The Labute approximate surface area is 251 Å². The third kappa shape index (κ3) is 5.34. The molecule has 0 amide bonds. The summed E-state index contributed by atoms with van der Waals surface area (Å²) in [6.07, 6.45) is 0. The maximum atomic E-state index is 12.3. The van der Waals surface area contributed by atoms with Gasteiger partial charge in [0, 0.05) is 0 Å². The Morgan fingerprint density at radius 3 is 1.20 bits per heavy atom. The minimum absolute atomic E-state index is 0. The molecule has 0 saturated carbocycles. The fourth-order valence-corrected chi connectivity index (χ4v) is 7.23. The third-order valence-electron chi connectivity index (χ3n) is 7.01. The molecule has 2 unspecified atom stereocenters. The van der Waals surface area contributed by atoms with Crippen molar-refractivity contribution in [3.8, 4) is 11.5 Å². The van der Waals surface area contributed by atoms with E-state index >= 15 is 0 Å². The van der Waals surface area contributed by atoms with E-state index < -0.39 is 0 Å². The number of para-hydroxylation sites is 2. The second-order valence-corrected chi connectivity index (χ2v) is 11.9. The largest absolute Gasteiger partial charge is 2.00 e. The van der Waals surface area contributed by atoms with E-state index in [2.05, 4.69) is 22.8 Å². The summed E-state index contributed by atoms with van der Waals surface area (Å²) in [5, 5.41) is 37.8. The van der Waals surface area contributed by atoms with Crippen molar-refractivity contribution in [3.63, 3.8) is 0 Å². The Morgan fingerprint density at radius 1 is 0.463 bits per heavy atom. The standard InChI is InChI=1S/2C17H12NOS.Be/c2*19-15-10-12-6-2-1-5-11(12)9-13(15)17-18-14-7-3-4-8-16(14)20-17;/h2*1-10,17,19H;/q2*-1;+2/p-2. The van der Waals surface area contributed by atoms with Crippen LogP contribution in [0.5, 0.6) is 11.5 Å². The van der Waals surface area contributed by atoms with Crippen LogP contribution < -0.4 is 10.2 Å². The minimum atomic E-state index is -0.121. The quantitative estimate of drug-likeness (QED) is 0.197. The summed E-state index contributed by atoms with van der Waals surface area (Å²) in [6, 6.07) is 39.3. The van der Waals surface area contributed by atoms with Crippen LogP contribution in [0.3, 0.4) is 0 Å². The molecular formula is C34H22BeN2O2S2-2. The van der Waals surface area contributed by atoms with Crippen molar-refractivity contribution in [2.24, 2.45) is 0 Å². The maximum absolute atomic E-state index is 12.3. The predicted octanol–water partition coefficient (Wildman–Crippen LogP) is 9.07. The molecule has 6 aromatic carbocycles. The summed E-state index contributed by atoms with van der Waals surface area (Å²) in [5.41, 5.74) is 3.50. The smallest absolute Gasteiger partial charge is 0.872 e. The molecule has 0 spiro atoms. The van der Waals surface area contributed by atoms with E-state index in [4.69, 9.17) is 0 Å². The van der Waals surface area contributed by atoms with E-state index in [0.29, 0.717) is 0 Å². The molecule has 0 N–H and O–H groups in total. The fourth-order valence-electron chi connectivity index (χ4n) is 5.00. The molecule has 0 bridgehead atoms. The van der Waals surface area contributed by atoms with Crippen LogP contribution in [0, 0.1) is 0 Å². The molecule has 0 radical (unpaired) electrons. The first-order chi connectivity index (χ1) is 19.6. The molecule has 196 valence electrons. The van der Waals surface area contributed by atoms with Crippen LogP contribution in [0.4, 0.5) is 11.4 Å². The van der Waals surface area contributed by atoms with Gasteiger partial charge in [-0.2, -0.15) is 0 Å². The Bertz CT molecular complexity index is 1690. The molecular weight excluding hydrogens is 542 g/mol. The Balaban J connectivity index is 0.000000144. The van der Waals surface area contributed by atoms with Crippen LogP contribution in [-0.2, 0) is 0 Å². The number of hydrogen-bond acceptors (Lipinski definition) is 4. The molecule has 8 rings (SSSR count). The molecule has 0 aliphatic carbocycles. The van der Waals surface area contributed by atoms with E-state index in [1.807, 2.05) is 97.1 Å². The van der Waals surface area contributed by atoms with Gasteiger partial charge < -0.3 is 20.8 Å². The van der Waals surface area contributed by atoms with Gasteiger partial charge in [0.25, 0.3) is 0 Å². The van der Waals surface area contributed by atoms with Crippen molar-refractivity contribution >= 4 is 66.6 Å². The number of thioether (sulfide) groups is 2.